The fourth-order valence-corrected chi connectivity index (χ4v) is 6.16. The van der Waals surface area contributed by atoms with E-state index >= 15 is 0 Å². The predicted octanol–water partition coefficient (Wildman–Crippen LogP) is 4.22. The zero-order valence-electron chi connectivity index (χ0n) is 20.0. The predicted molar refractivity (Wildman–Crippen MR) is 137 cm³/mol. The van der Waals surface area contributed by atoms with E-state index in [-0.39, 0.29) is 0 Å². The molecule has 34 heavy (non-hydrogen) atoms. The molecule has 2 aliphatic carbocycles. The average molecular weight is 454 g/mol. The van der Waals surface area contributed by atoms with Crippen molar-refractivity contribution in [3.8, 4) is 11.1 Å². The number of nitrogens with one attached hydrogen (secondary N) is 1. The summed E-state index contributed by atoms with van der Waals surface area (Å²) < 4.78 is 0. The molecule has 3 heterocycles. The molecule has 1 aliphatic heterocycles. The van der Waals surface area contributed by atoms with Crippen LogP contribution in [0.4, 0.5) is 0 Å². The Morgan fingerprint density at radius 1 is 0.941 bits per heavy atom. The van der Waals surface area contributed by atoms with Crippen LogP contribution in [0.5, 0.6) is 0 Å². The van der Waals surface area contributed by atoms with E-state index in [0.29, 0.717) is 6.04 Å². The van der Waals surface area contributed by atoms with E-state index in [1.165, 1.54) is 78.1 Å². The second-order valence-corrected chi connectivity index (χ2v) is 9.99. The molecule has 0 radical (unpaired) electrons. The fourth-order valence-electron chi connectivity index (χ4n) is 6.16. The number of hydrogen-bond donors (Lipinski definition) is 1. The molecule has 0 bridgehead atoms. The van der Waals surface area contributed by atoms with Gasteiger partial charge in [0.05, 0.1) is 17.4 Å². The van der Waals surface area contributed by atoms with Crippen molar-refractivity contribution < 1.29 is 0 Å². The summed E-state index contributed by atoms with van der Waals surface area (Å²) in [7, 11) is 0. The summed E-state index contributed by atoms with van der Waals surface area (Å²) in [5.41, 5.74) is 9.60. The maximum Gasteiger partial charge on any atom is 0.0607 e. The molecule has 2 aromatic heterocycles. The van der Waals surface area contributed by atoms with Gasteiger partial charge in [-0.25, -0.2) is 0 Å². The number of hydrogen-bond acceptors (Lipinski definition) is 5. The van der Waals surface area contributed by atoms with Gasteiger partial charge in [-0.1, -0.05) is 30.3 Å². The van der Waals surface area contributed by atoms with Crippen LogP contribution >= 0.6 is 0 Å². The van der Waals surface area contributed by atoms with E-state index in [4.69, 9.17) is 9.97 Å². The number of pyridine rings is 2. The van der Waals surface area contributed by atoms with Gasteiger partial charge in [0.2, 0.25) is 0 Å². The second-order valence-electron chi connectivity index (χ2n) is 9.99. The summed E-state index contributed by atoms with van der Waals surface area (Å²) in [6, 6.07) is 15.8. The highest BCUT2D eigenvalue weighted by molar-refractivity contribution is 5.77. The lowest BCUT2D eigenvalue weighted by Gasteiger charge is -2.36. The Bertz CT molecular complexity index is 1140. The molecule has 3 aliphatic rings. The summed E-state index contributed by atoms with van der Waals surface area (Å²) in [5, 5.41) is 3.47. The van der Waals surface area contributed by atoms with Crippen LogP contribution in [0.3, 0.4) is 0 Å². The topological polar surface area (TPSA) is 44.3 Å². The first-order chi connectivity index (χ1) is 16.9. The average Bonchev–Trinajstić information content (AvgIpc) is 3.28. The molecule has 5 heteroatoms. The summed E-state index contributed by atoms with van der Waals surface area (Å²) in [5.74, 6) is 0. The Balaban J connectivity index is 1.26. The van der Waals surface area contributed by atoms with E-state index in [1.54, 1.807) is 0 Å². The fraction of sp³-hybridized carbons (Fsp3) is 0.448. The first kappa shape index (κ1) is 21.9. The minimum Gasteiger partial charge on any atom is -0.314 e. The smallest absolute Gasteiger partial charge is 0.0607 e. The SMILES string of the molecule is c1ccc2c(c1)Cc1c-2ccnc1CN(CCCN1CCNCC1)C1CCCc2cccnc21. The van der Waals surface area contributed by atoms with Crippen LogP contribution in [-0.2, 0) is 19.4 Å². The van der Waals surface area contributed by atoms with Gasteiger partial charge in [-0.15, -0.1) is 0 Å². The maximum atomic E-state index is 4.94. The van der Waals surface area contributed by atoms with Gasteiger partial charge in [-0.3, -0.25) is 14.9 Å². The standard InChI is InChI=1S/C29H35N5/c1-2-9-24-23(6-1)20-26-25(24)11-13-31-27(26)21-34(17-5-16-33-18-14-30-15-19-33)28-10-3-7-22-8-4-12-32-29(22)28/h1-2,4,6,8-9,11-13,28,30H,3,5,7,10,14-21H2. The van der Waals surface area contributed by atoms with E-state index in [0.717, 1.165) is 39.0 Å². The first-order valence-electron chi connectivity index (χ1n) is 13.0. The van der Waals surface area contributed by atoms with Gasteiger partial charge < -0.3 is 10.2 Å². The zero-order valence-corrected chi connectivity index (χ0v) is 20.0. The molecule has 0 spiro atoms. The van der Waals surface area contributed by atoms with Crippen LogP contribution in [0.1, 0.15) is 53.4 Å². The highest BCUT2D eigenvalue weighted by Gasteiger charge is 2.29. The molecule has 1 fully saturated rings. The van der Waals surface area contributed by atoms with Crippen molar-refractivity contribution in [3.05, 3.63) is 82.9 Å². The summed E-state index contributed by atoms with van der Waals surface area (Å²) >= 11 is 0. The van der Waals surface area contributed by atoms with Crippen LogP contribution in [-0.4, -0.2) is 59.0 Å². The van der Waals surface area contributed by atoms with Gasteiger partial charge in [0, 0.05) is 58.1 Å². The van der Waals surface area contributed by atoms with Crippen LogP contribution in [0.2, 0.25) is 0 Å². The Morgan fingerprint density at radius 3 is 2.76 bits per heavy atom. The van der Waals surface area contributed by atoms with Gasteiger partial charge in [0.25, 0.3) is 0 Å². The Morgan fingerprint density at radius 2 is 1.82 bits per heavy atom. The van der Waals surface area contributed by atoms with Gasteiger partial charge in [0.15, 0.2) is 0 Å². The third-order valence-electron chi connectivity index (χ3n) is 7.91. The molecule has 3 aromatic rings. The molecule has 176 valence electrons. The lowest BCUT2D eigenvalue weighted by Crippen LogP contribution is -2.44. The lowest BCUT2D eigenvalue weighted by molar-refractivity contribution is 0.148. The number of piperazine rings is 1. The molecule has 1 N–H and O–H groups in total. The molecule has 6 rings (SSSR count). The second kappa shape index (κ2) is 9.95. The minimum absolute atomic E-state index is 0.384. The van der Waals surface area contributed by atoms with E-state index in [1.807, 2.05) is 12.4 Å². The quantitative estimate of drug-likeness (QED) is 0.454. The Hall–Kier alpha value is -2.60. The van der Waals surface area contributed by atoms with Crippen molar-refractivity contribution in [2.75, 3.05) is 39.3 Å². The largest absolute Gasteiger partial charge is 0.314 e. The van der Waals surface area contributed by atoms with Crippen LogP contribution < -0.4 is 5.32 Å². The van der Waals surface area contributed by atoms with Crippen molar-refractivity contribution >= 4 is 0 Å². The van der Waals surface area contributed by atoms with Crippen molar-refractivity contribution in [1.29, 1.82) is 0 Å². The third kappa shape index (κ3) is 4.40. The molecular formula is C29H35N5. The molecule has 1 saturated heterocycles. The first-order valence-corrected chi connectivity index (χ1v) is 13.0. The number of fused-ring (bicyclic) bond motifs is 4. The molecule has 1 atom stereocenters. The van der Waals surface area contributed by atoms with Crippen molar-refractivity contribution in [2.24, 2.45) is 0 Å². The summed E-state index contributed by atoms with van der Waals surface area (Å²) in [6.07, 6.45) is 9.77. The highest BCUT2D eigenvalue weighted by atomic mass is 15.2. The number of rotatable bonds is 7. The monoisotopic (exact) mass is 453 g/mol. The molecule has 0 amide bonds. The van der Waals surface area contributed by atoms with Gasteiger partial charge >= 0.3 is 0 Å². The molecule has 5 nitrogen and oxygen atoms in total. The van der Waals surface area contributed by atoms with Gasteiger partial charge in [0.1, 0.15) is 0 Å². The zero-order chi connectivity index (χ0) is 22.7. The van der Waals surface area contributed by atoms with Crippen LogP contribution in [0, 0.1) is 0 Å². The van der Waals surface area contributed by atoms with Gasteiger partial charge in [-0.05, 0) is 72.2 Å². The molecule has 0 saturated carbocycles. The summed E-state index contributed by atoms with van der Waals surface area (Å²) in [6.45, 7) is 7.72. The number of aromatic nitrogens is 2. The van der Waals surface area contributed by atoms with Crippen LogP contribution in [0.25, 0.3) is 11.1 Å². The third-order valence-corrected chi connectivity index (χ3v) is 7.91. The molecular weight excluding hydrogens is 418 g/mol. The normalized spacial score (nSPS) is 19.6. The maximum absolute atomic E-state index is 4.94. The van der Waals surface area contributed by atoms with E-state index in [2.05, 4.69) is 57.6 Å². The highest BCUT2D eigenvalue weighted by Crippen LogP contribution is 2.39. The van der Waals surface area contributed by atoms with E-state index < -0.39 is 0 Å². The van der Waals surface area contributed by atoms with Crippen molar-refractivity contribution in [1.82, 2.24) is 25.1 Å². The Kier molecular flexibility index (Phi) is 6.41. The van der Waals surface area contributed by atoms with Gasteiger partial charge in [-0.2, -0.15) is 0 Å². The molecule has 1 unspecified atom stereocenters. The molecule has 1 aromatic carbocycles. The lowest BCUT2D eigenvalue weighted by atomic mass is 9.90. The number of benzene rings is 1. The number of nitrogens with zero attached hydrogens (tertiary/aromatic N) is 4. The summed E-state index contributed by atoms with van der Waals surface area (Å²) in [4.78, 5) is 15.1. The number of aryl methyl sites for hydroxylation is 1. The van der Waals surface area contributed by atoms with Crippen molar-refractivity contribution in [3.63, 3.8) is 0 Å². The Labute approximate surface area is 203 Å². The van der Waals surface area contributed by atoms with Crippen LogP contribution in [0.15, 0.2) is 54.9 Å². The van der Waals surface area contributed by atoms with E-state index in [9.17, 15) is 0 Å². The van der Waals surface area contributed by atoms with Crippen molar-refractivity contribution in [2.45, 2.75) is 44.7 Å². The minimum atomic E-state index is 0.384.